The Morgan fingerprint density at radius 3 is 2.48 bits per heavy atom. The van der Waals surface area contributed by atoms with Crippen LogP contribution in [0.1, 0.15) is 36.8 Å². The Bertz CT molecular complexity index is 982. The summed E-state index contributed by atoms with van der Waals surface area (Å²) >= 11 is 0. The van der Waals surface area contributed by atoms with Crippen molar-refractivity contribution in [2.45, 2.75) is 31.8 Å². The first kappa shape index (κ1) is 19.2. The Morgan fingerprint density at radius 2 is 1.81 bits per heavy atom. The highest BCUT2D eigenvalue weighted by molar-refractivity contribution is 7.52. The monoisotopic (exact) mass is 387 g/mol. The third kappa shape index (κ3) is 4.41. The summed E-state index contributed by atoms with van der Waals surface area (Å²) in [6, 6.07) is 16.1. The van der Waals surface area contributed by atoms with Crippen molar-refractivity contribution in [2.75, 3.05) is 0 Å². The van der Waals surface area contributed by atoms with Gasteiger partial charge >= 0.3 is 13.6 Å². The van der Waals surface area contributed by atoms with Gasteiger partial charge in [-0.1, -0.05) is 61.9 Å². The van der Waals surface area contributed by atoms with E-state index < -0.39 is 19.5 Å². The molecule has 1 heterocycles. The molecule has 0 aliphatic carbocycles. The van der Waals surface area contributed by atoms with Crippen LogP contribution in [0.3, 0.4) is 0 Å². The van der Waals surface area contributed by atoms with Crippen LogP contribution < -0.4 is 4.52 Å². The van der Waals surface area contributed by atoms with Crippen LogP contribution in [0.2, 0.25) is 0 Å². The van der Waals surface area contributed by atoms with Gasteiger partial charge in [-0.25, -0.2) is 4.57 Å². The van der Waals surface area contributed by atoms with Gasteiger partial charge in [0.1, 0.15) is 0 Å². The second kappa shape index (κ2) is 7.99. The summed E-state index contributed by atoms with van der Waals surface area (Å²) < 4.78 is 18.2. The number of aliphatic carboxylic acids is 1. The summed E-state index contributed by atoms with van der Waals surface area (Å²) in [5.74, 6) is -1.75. The number of rotatable bonds is 8. The van der Waals surface area contributed by atoms with Gasteiger partial charge in [0.2, 0.25) is 5.88 Å². The largest absolute Gasteiger partial charge is 0.481 e. The number of carboxylic acids is 1. The number of para-hydroxylation sites is 1. The average molecular weight is 387 g/mol. The van der Waals surface area contributed by atoms with Gasteiger partial charge < -0.3 is 19.5 Å². The van der Waals surface area contributed by atoms with Crippen molar-refractivity contribution in [3.05, 3.63) is 65.7 Å². The first-order valence-corrected chi connectivity index (χ1v) is 10.6. The zero-order chi connectivity index (χ0) is 19.4. The van der Waals surface area contributed by atoms with E-state index in [-0.39, 0.29) is 12.0 Å². The maximum absolute atomic E-state index is 12.7. The summed E-state index contributed by atoms with van der Waals surface area (Å²) in [4.78, 5) is 25.2. The quantitative estimate of drug-likeness (QED) is 0.477. The summed E-state index contributed by atoms with van der Waals surface area (Å²) in [5, 5.41) is 10.4. The van der Waals surface area contributed by atoms with E-state index in [0.29, 0.717) is 34.9 Å². The minimum absolute atomic E-state index is 0.0545. The van der Waals surface area contributed by atoms with Crippen LogP contribution in [0.25, 0.3) is 10.9 Å². The van der Waals surface area contributed by atoms with Crippen molar-refractivity contribution in [3.8, 4) is 5.88 Å². The molecule has 2 aromatic carbocycles. The van der Waals surface area contributed by atoms with Gasteiger partial charge in [0, 0.05) is 16.5 Å². The van der Waals surface area contributed by atoms with Crippen LogP contribution in [0.15, 0.2) is 54.6 Å². The lowest BCUT2D eigenvalue weighted by Crippen LogP contribution is -2.12. The second-order valence-corrected chi connectivity index (χ2v) is 8.24. The molecule has 3 N–H and O–H groups in total. The van der Waals surface area contributed by atoms with Crippen LogP contribution in [0.4, 0.5) is 0 Å². The number of hydrogen-bond donors (Lipinski definition) is 3. The third-order valence-electron chi connectivity index (χ3n) is 4.39. The Balaban J connectivity index is 2.01. The Hall–Kier alpha value is -2.56. The Kier molecular flexibility index (Phi) is 5.68. The van der Waals surface area contributed by atoms with Gasteiger partial charge in [-0.05, 0) is 18.1 Å². The molecule has 6 nitrogen and oxygen atoms in total. The number of fused-ring (bicyclic) bond motifs is 1. The normalized spacial score (nSPS) is 14.6. The molecule has 0 fully saturated rings. The number of nitrogens with one attached hydrogen (secondary N) is 1. The van der Waals surface area contributed by atoms with Gasteiger partial charge in [-0.3, -0.25) is 4.79 Å². The molecule has 0 amide bonds. The molecule has 0 saturated carbocycles. The van der Waals surface area contributed by atoms with E-state index >= 15 is 0 Å². The van der Waals surface area contributed by atoms with Crippen LogP contribution in [0, 0.1) is 0 Å². The molecule has 0 bridgehead atoms. The molecule has 2 atom stereocenters. The zero-order valence-corrected chi connectivity index (χ0v) is 15.9. The predicted octanol–water partition coefficient (Wildman–Crippen LogP) is 4.90. The molecule has 0 radical (unpaired) electrons. The van der Waals surface area contributed by atoms with Crippen LogP contribution in [0.5, 0.6) is 5.88 Å². The average Bonchev–Trinajstić information content (AvgIpc) is 2.96. The summed E-state index contributed by atoms with van der Waals surface area (Å²) in [6.07, 6.45) is 0.910. The molecule has 27 heavy (non-hydrogen) atoms. The highest BCUT2D eigenvalue weighted by atomic mass is 31.2. The lowest BCUT2D eigenvalue weighted by atomic mass is 9.94. The molecule has 1 aromatic heterocycles. The minimum atomic E-state index is -4.03. The fourth-order valence-electron chi connectivity index (χ4n) is 3.23. The molecule has 3 rings (SSSR count). The highest BCUT2D eigenvalue weighted by Gasteiger charge is 2.31. The smallest absolute Gasteiger partial charge is 0.382 e. The number of aromatic amines is 1. The van der Waals surface area contributed by atoms with Crippen molar-refractivity contribution >= 4 is 24.5 Å². The number of hydrogen-bond acceptors (Lipinski definition) is 3. The summed E-state index contributed by atoms with van der Waals surface area (Å²) in [7, 11) is -4.03. The highest BCUT2D eigenvalue weighted by Crippen LogP contribution is 2.49. The number of H-pyrrole nitrogens is 1. The fraction of sp³-hybridized carbons (Fsp3) is 0.250. The fourth-order valence-corrected chi connectivity index (χ4v) is 4.39. The first-order chi connectivity index (χ1) is 12.9. The molecule has 7 heteroatoms. The van der Waals surface area contributed by atoms with E-state index in [1.165, 1.54) is 0 Å². The van der Waals surface area contributed by atoms with E-state index in [2.05, 4.69) is 4.98 Å². The summed E-state index contributed by atoms with van der Waals surface area (Å²) in [5.41, 5.74) is 1.76. The Morgan fingerprint density at radius 1 is 1.15 bits per heavy atom. The molecule has 0 saturated heterocycles. The topological polar surface area (TPSA) is 99.6 Å². The van der Waals surface area contributed by atoms with E-state index in [9.17, 15) is 19.4 Å². The SMILES string of the molecule is CCCC(C(=O)O)c1c(OP(=O)(O)Cc2ccccc2)[nH]c2ccccc12. The predicted molar refractivity (Wildman–Crippen MR) is 104 cm³/mol. The van der Waals surface area contributed by atoms with Gasteiger partial charge in [0.05, 0.1) is 12.1 Å². The van der Waals surface area contributed by atoms with E-state index in [1.54, 1.807) is 42.5 Å². The van der Waals surface area contributed by atoms with Crippen LogP contribution in [-0.4, -0.2) is 21.0 Å². The summed E-state index contributed by atoms with van der Waals surface area (Å²) in [6.45, 7) is 1.90. The van der Waals surface area contributed by atoms with Crippen molar-refractivity contribution < 1.29 is 23.9 Å². The molecule has 0 aliphatic rings. The third-order valence-corrected chi connectivity index (χ3v) is 5.63. The van der Waals surface area contributed by atoms with Gasteiger partial charge in [0.15, 0.2) is 0 Å². The number of benzene rings is 2. The van der Waals surface area contributed by atoms with Crippen molar-refractivity contribution in [1.29, 1.82) is 0 Å². The number of carbonyl (C=O) groups is 1. The second-order valence-electron chi connectivity index (χ2n) is 6.47. The minimum Gasteiger partial charge on any atom is -0.481 e. The maximum atomic E-state index is 12.7. The zero-order valence-electron chi connectivity index (χ0n) is 15.0. The molecule has 3 aromatic rings. The number of carboxylic acid groups (broad SMARTS) is 1. The van der Waals surface area contributed by atoms with E-state index in [1.807, 2.05) is 19.1 Å². The van der Waals surface area contributed by atoms with Gasteiger partial charge in [-0.2, -0.15) is 0 Å². The first-order valence-electron chi connectivity index (χ1n) is 8.80. The Labute approximate surface area is 157 Å². The molecular weight excluding hydrogens is 365 g/mol. The van der Waals surface area contributed by atoms with Crippen LogP contribution in [-0.2, 0) is 15.5 Å². The standard InChI is InChI=1S/C20H22NO5P/c1-2-8-16(20(22)23)18-15-11-6-7-12-17(15)21-19(18)26-27(24,25)13-14-9-4-3-5-10-14/h3-7,9-12,16,21H,2,8,13H2,1H3,(H,22,23)(H,24,25). The number of aromatic nitrogens is 1. The van der Waals surface area contributed by atoms with Crippen molar-refractivity contribution in [1.82, 2.24) is 4.98 Å². The lowest BCUT2D eigenvalue weighted by molar-refractivity contribution is -0.139. The van der Waals surface area contributed by atoms with Gasteiger partial charge in [0.25, 0.3) is 0 Å². The van der Waals surface area contributed by atoms with Crippen molar-refractivity contribution in [3.63, 3.8) is 0 Å². The molecule has 142 valence electrons. The maximum Gasteiger partial charge on any atom is 0.382 e. The lowest BCUT2D eigenvalue weighted by Gasteiger charge is -2.17. The van der Waals surface area contributed by atoms with E-state index in [0.717, 1.165) is 0 Å². The van der Waals surface area contributed by atoms with Gasteiger partial charge in [-0.15, -0.1) is 0 Å². The molecule has 2 unspecified atom stereocenters. The van der Waals surface area contributed by atoms with Crippen molar-refractivity contribution in [2.24, 2.45) is 0 Å². The molecular formula is C20H22NO5P. The van der Waals surface area contributed by atoms with Crippen LogP contribution >= 0.6 is 7.60 Å². The molecule has 0 aliphatic heterocycles. The molecule has 0 spiro atoms. The van der Waals surface area contributed by atoms with E-state index in [4.69, 9.17) is 4.52 Å².